The van der Waals surface area contributed by atoms with Gasteiger partial charge in [-0.3, -0.25) is 4.68 Å². The van der Waals surface area contributed by atoms with Crippen molar-refractivity contribution in [3.63, 3.8) is 0 Å². The fourth-order valence-electron chi connectivity index (χ4n) is 1.21. The summed E-state index contributed by atoms with van der Waals surface area (Å²) < 4.78 is 1.62. The molecule has 0 saturated carbocycles. The van der Waals surface area contributed by atoms with Gasteiger partial charge >= 0.3 is 11.9 Å². The van der Waals surface area contributed by atoms with Gasteiger partial charge in [0.25, 0.3) is 0 Å². The normalized spacial score (nSPS) is 9.71. The molecule has 0 aromatic carbocycles. The maximum atomic E-state index is 10.5. The first-order chi connectivity index (χ1) is 8.00. The van der Waals surface area contributed by atoms with E-state index in [0.717, 1.165) is 5.69 Å². The number of aryl methyl sites for hydroxylation is 1. The molecule has 0 spiro atoms. The third kappa shape index (κ3) is 3.98. The highest BCUT2D eigenvalue weighted by atomic mass is 16.4. The first-order valence-corrected chi connectivity index (χ1v) is 4.90. The van der Waals surface area contributed by atoms with Crippen LogP contribution >= 0.6 is 0 Å². The lowest BCUT2D eigenvalue weighted by atomic mass is 10.2. The van der Waals surface area contributed by atoms with Gasteiger partial charge in [-0.25, -0.2) is 9.59 Å². The second kappa shape index (κ2) is 5.69. The van der Waals surface area contributed by atoms with Gasteiger partial charge in [0, 0.05) is 19.8 Å². The van der Waals surface area contributed by atoms with Crippen molar-refractivity contribution in [2.24, 2.45) is 7.05 Å². The molecule has 17 heavy (non-hydrogen) atoms. The van der Waals surface area contributed by atoms with Crippen LogP contribution in [0.2, 0.25) is 0 Å². The van der Waals surface area contributed by atoms with Crippen LogP contribution in [-0.4, -0.2) is 38.5 Å². The van der Waals surface area contributed by atoms with Gasteiger partial charge in [-0.2, -0.15) is 5.10 Å². The van der Waals surface area contributed by atoms with Crippen molar-refractivity contribution in [3.8, 4) is 0 Å². The number of hydrogen-bond acceptors (Lipinski definition) is 4. The Labute approximate surface area is 97.4 Å². The number of anilines is 1. The molecule has 1 aromatic rings. The van der Waals surface area contributed by atoms with Crippen molar-refractivity contribution < 1.29 is 19.8 Å². The van der Waals surface area contributed by atoms with Crippen LogP contribution in [0.4, 0.5) is 5.69 Å². The molecule has 0 unspecified atom stereocenters. The van der Waals surface area contributed by atoms with Gasteiger partial charge in [-0.15, -0.1) is 0 Å². The molecule has 92 valence electrons. The summed E-state index contributed by atoms with van der Waals surface area (Å²) in [7, 11) is 1.78. The topological polar surface area (TPSA) is 104 Å². The van der Waals surface area contributed by atoms with E-state index in [1.165, 1.54) is 6.08 Å². The number of carbonyl (C=O) groups is 2. The molecule has 0 radical (unpaired) electrons. The average molecular weight is 239 g/mol. The fourth-order valence-corrected chi connectivity index (χ4v) is 1.21. The lowest BCUT2D eigenvalue weighted by Crippen LogP contribution is -2.12. The van der Waals surface area contributed by atoms with E-state index in [1.54, 1.807) is 24.1 Å². The molecule has 0 saturated heterocycles. The molecule has 7 heteroatoms. The van der Waals surface area contributed by atoms with Crippen molar-refractivity contribution in [1.29, 1.82) is 0 Å². The van der Waals surface area contributed by atoms with Gasteiger partial charge in [-0.1, -0.05) is 6.08 Å². The minimum Gasteiger partial charge on any atom is -0.477 e. The number of nitrogens with one attached hydrogen (secondary N) is 1. The standard InChI is InChI=1S/C10H13N3O4/c1-13-6-7(5-12-13)11-4-2-3-8(9(14)15)10(16)17/h3,5-6,11H,2,4H2,1H3,(H,14,15)(H,16,17). The van der Waals surface area contributed by atoms with E-state index in [0.29, 0.717) is 13.0 Å². The molecule has 0 aliphatic heterocycles. The zero-order valence-corrected chi connectivity index (χ0v) is 9.25. The van der Waals surface area contributed by atoms with Gasteiger partial charge in [0.15, 0.2) is 0 Å². The molecule has 0 amide bonds. The fraction of sp³-hybridized carbons (Fsp3) is 0.300. The molecule has 1 heterocycles. The molecule has 0 atom stereocenters. The summed E-state index contributed by atoms with van der Waals surface area (Å²) >= 11 is 0. The Bertz CT molecular complexity index is 434. The summed E-state index contributed by atoms with van der Waals surface area (Å²) in [4.78, 5) is 21.1. The van der Waals surface area contributed by atoms with Gasteiger partial charge in [0.1, 0.15) is 5.57 Å². The predicted octanol–water partition coefficient (Wildman–Crippen LogP) is 0.318. The van der Waals surface area contributed by atoms with Crippen molar-refractivity contribution >= 4 is 17.6 Å². The van der Waals surface area contributed by atoms with Crippen LogP contribution in [0.1, 0.15) is 6.42 Å². The van der Waals surface area contributed by atoms with Crippen molar-refractivity contribution in [3.05, 3.63) is 24.0 Å². The molecule has 0 aliphatic rings. The monoisotopic (exact) mass is 239 g/mol. The van der Waals surface area contributed by atoms with Crippen LogP contribution in [0, 0.1) is 0 Å². The van der Waals surface area contributed by atoms with Gasteiger partial charge < -0.3 is 15.5 Å². The Morgan fingerprint density at radius 3 is 2.59 bits per heavy atom. The average Bonchev–Trinajstić information content (AvgIpc) is 2.62. The van der Waals surface area contributed by atoms with E-state index < -0.39 is 17.5 Å². The molecule has 3 N–H and O–H groups in total. The van der Waals surface area contributed by atoms with E-state index in [2.05, 4.69) is 10.4 Å². The van der Waals surface area contributed by atoms with E-state index in [1.807, 2.05) is 0 Å². The van der Waals surface area contributed by atoms with E-state index in [4.69, 9.17) is 10.2 Å². The smallest absolute Gasteiger partial charge is 0.342 e. The predicted molar refractivity (Wildman–Crippen MR) is 59.7 cm³/mol. The summed E-state index contributed by atoms with van der Waals surface area (Å²) in [5, 5.41) is 24.1. The second-order valence-electron chi connectivity index (χ2n) is 3.35. The van der Waals surface area contributed by atoms with Crippen LogP contribution in [0.3, 0.4) is 0 Å². The number of hydrogen-bond donors (Lipinski definition) is 3. The number of nitrogens with zero attached hydrogens (tertiary/aromatic N) is 2. The minimum atomic E-state index is -1.43. The Morgan fingerprint density at radius 2 is 2.12 bits per heavy atom. The molecular formula is C10H13N3O4. The third-order valence-electron chi connectivity index (χ3n) is 1.99. The number of carboxylic acid groups (broad SMARTS) is 2. The lowest BCUT2D eigenvalue weighted by molar-refractivity contribution is -0.140. The van der Waals surface area contributed by atoms with Crippen LogP contribution in [-0.2, 0) is 16.6 Å². The van der Waals surface area contributed by atoms with Gasteiger partial charge in [0.05, 0.1) is 11.9 Å². The Kier molecular flexibility index (Phi) is 4.27. The summed E-state index contributed by atoms with van der Waals surface area (Å²) in [6, 6.07) is 0. The van der Waals surface area contributed by atoms with Gasteiger partial charge in [0.2, 0.25) is 0 Å². The van der Waals surface area contributed by atoms with Gasteiger partial charge in [-0.05, 0) is 6.42 Å². The van der Waals surface area contributed by atoms with Crippen molar-refractivity contribution in [2.45, 2.75) is 6.42 Å². The maximum Gasteiger partial charge on any atom is 0.342 e. The highest BCUT2D eigenvalue weighted by Gasteiger charge is 2.14. The summed E-state index contributed by atoms with van der Waals surface area (Å²) in [6.45, 7) is 0.440. The number of carboxylic acids is 2. The Morgan fingerprint density at radius 1 is 1.47 bits per heavy atom. The SMILES string of the molecule is Cn1cc(NCCC=C(C(=O)O)C(=O)O)cn1. The molecule has 1 aromatic heterocycles. The highest BCUT2D eigenvalue weighted by molar-refractivity contribution is 6.12. The van der Waals surface area contributed by atoms with Crippen LogP contribution < -0.4 is 5.32 Å². The molecule has 0 aliphatic carbocycles. The second-order valence-corrected chi connectivity index (χ2v) is 3.35. The van der Waals surface area contributed by atoms with E-state index >= 15 is 0 Å². The summed E-state index contributed by atoms with van der Waals surface area (Å²) in [5.41, 5.74) is 0.186. The zero-order chi connectivity index (χ0) is 12.8. The summed E-state index contributed by atoms with van der Waals surface area (Å²) in [6.07, 6.45) is 4.87. The number of rotatable bonds is 6. The number of aliphatic carboxylic acids is 2. The Balaban J connectivity index is 2.43. The van der Waals surface area contributed by atoms with Crippen LogP contribution in [0.15, 0.2) is 24.0 Å². The van der Waals surface area contributed by atoms with Crippen molar-refractivity contribution in [1.82, 2.24) is 9.78 Å². The lowest BCUT2D eigenvalue weighted by Gasteiger charge is -2.00. The Hall–Kier alpha value is -2.31. The molecule has 7 nitrogen and oxygen atoms in total. The maximum absolute atomic E-state index is 10.5. The molecule has 0 fully saturated rings. The van der Waals surface area contributed by atoms with E-state index in [9.17, 15) is 9.59 Å². The number of aromatic nitrogens is 2. The molecular weight excluding hydrogens is 226 g/mol. The van der Waals surface area contributed by atoms with Crippen molar-refractivity contribution in [2.75, 3.05) is 11.9 Å². The summed E-state index contributed by atoms with van der Waals surface area (Å²) in [5.74, 6) is -2.86. The first kappa shape index (κ1) is 12.8. The minimum absolute atomic E-state index is 0.308. The van der Waals surface area contributed by atoms with Crippen LogP contribution in [0.5, 0.6) is 0 Å². The van der Waals surface area contributed by atoms with E-state index in [-0.39, 0.29) is 0 Å². The third-order valence-corrected chi connectivity index (χ3v) is 1.99. The quantitative estimate of drug-likeness (QED) is 0.286. The first-order valence-electron chi connectivity index (χ1n) is 4.90. The zero-order valence-electron chi connectivity index (χ0n) is 9.25. The molecule has 1 rings (SSSR count). The molecule has 0 bridgehead atoms. The highest BCUT2D eigenvalue weighted by Crippen LogP contribution is 2.04. The largest absolute Gasteiger partial charge is 0.477 e. The van der Waals surface area contributed by atoms with Crippen LogP contribution in [0.25, 0.3) is 0 Å².